The molecular formula is C22H24N4O. The minimum absolute atomic E-state index is 0.256. The highest BCUT2D eigenvalue weighted by atomic mass is 16.1. The molecule has 5 nitrogen and oxygen atoms in total. The predicted octanol–water partition coefficient (Wildman–Crippen LogP) is 3.04. The van der Waals surface area contributed by atoms with Crippen molar-refractivity contribution in [1.29, 1.82) is 0 Å². The van der Waals surface area contributed by atoms with Crippen molar-refractivity contribution in [1.82, 2.24) is 20.0 Å². The van der Waals surface area contributed by atoms with Gasteiger partial charge in [-0.25, -0.2) is 4.68 Å². The molecule has 3 aromatic rings. The van der Waals surface area contributed by atoms with E-state index in [1.807, 2.05) is 47.3 Å². The molecule has 0 bridgehead atoms. The topological polar surface area (TPSA) is 50.2 Å². The summed E-state index contributed by atoms with van der Waals surface area (Å²) < 4.78 is 1.93. The van der Waals surface area contributed by atoms with E-state index in [4.69, 9.17) is 0 Å². The van der Waals surface area contributed by atoms with Gasteiger partial charge in [0.2, 0.25) is 0 Å². The Bertz CT molecular complexity index is 963. The molecule has 1 aromatic heterocycles. The lowest BCUT2D eigenvalue weighted by atomic mass is 9.86. The fraction of sp³-hybridized carbons (Fsp3) is 0.364. The number of hydrogen-bond acceptors (Lipinski definition) is 4. The van der Waals surface area contributed by atoms with Gasteiger partial charge < -0.3 is 5.32 Å². The Labute approximate surface area is 159 Å². The zero-order valence-electron chi connectivity index (χ0n) is 15.4. The Morgan fingerprint density at radius 2 is 1.81 bits per heavy atom. The highest BCUT2D eigenvalue weighted by Gasteiger charge is 2.47. The number of fused-ring (bicyclic) bond motifs is 1. The van der Waals surface area contributed by atoms with Crippen LogP contribution in [0, 0.1) is 0 Å². The van der Waals surface area contributed by atoms with E-state index in [0.29, 0.717) is 0 Å². The molecule has 3 heterocycles. The molecule has 0 amide bonds. The zero-order valence-corrected chi connectivity index (χ0v) is 15.4. The van der Waals surface area contributed by atoms with Crippen LogP contribution in [0.25, 0.3) is 16.6 Å². The van der Waals surface area contributed by atoms with Crippen LogP contribution in [0.5, 0.6) is 0 Å². The summed E-state index contributed by atoms with van der Waals surface area (Å²) in [4.78, 5) is 15.9. The average Bonchev–Trinajstić information content (AvgIpc) is 3.48. The molecule has 2 saturated heterocycles. The number of benzene rings is 2. The predicted molar refractivity (Wildman–Crippen MR) is 106 cm³/mol. The van der Waals surface area contributed by atoms with Gasteiger partial charge in [0.05, 0.1) is 22.9 Å². The monoisotopic (exact) mass is 360 g/mol. The summed E-state index contributed by atoms with van der Waals surface area (Å²) in [5, 5.41) is 9.04. The molecule has 2 aliphatic heterocycles. The first-order chi connectivity index (χ1) is 13.3. The number of aromatic nitrogens is 2. The molecule has 1 atom stereocenters. The summed E-state index contributed by atoms with van der Waals surface area (Å²) in [6, 6.07) is 16.1. The van der Waals surface area contributed by atoms with Gasteiger partial charge in [-0.05, 0) is 69.2 Å². The van der Waals surface area contributed by atoms with Crippen LogP contribution in [0.2, 0.25) is 0 Å². The number of para-hydroxylation sites is 1. The first-order valence-corrected chi connectivity index (χ1v) is 9.82. The SMILES string of the molecule is O=C(c1ccc(-n2ncc3ccccc32)cc1)C1(N2CCCC2)CCNC1. The van der Waals surface area contributed by atoms with E-state index in [9.17, 15) is 4.79 Å². The van der Waals surface area contributed by atoms with Gasteiger partial charge in [-0.15, -0.1) is 0 Å². The van der Waals surface area contributed by atoms with E-state index >= 15 is 0 Å². The van der Waals surface area contributed by atoms with Crippen molar-refractivity contribution in [3.05, 3.63) is 60.3 Å². The molecule has 0 saturated carbocycles. The molecule has 1 unspecified atom stereocenters. The summed E-state index contributed by atoms with van der Waals surface area (Å²) in [6.45, 7) is 3.74. The van der Waals surface area contributed by atoms with Crippen molar-refractivity contribution in [3.63, 3.8) is 0 Å². The molecule has 2 aliphatic rings. The van der Waals surface area contributed by atoms with Gasteiger partial charge in [0.1, 0.15) is 0 Å². The van der Waals surface area contributed by atoms with Crippen LogP contribution in [0.15, 0.2) is 54.7 Å². The van der Waals surface area contributed by atoms with Gasteiger partial charge in [0, 0.05) is 17.5 Å². The van der Waals surface area contributed by atoms with E-state index in [-0.39, 0.29) is 11.3 Å². The lowest BCUT2D eigenvalue weighted by Gasteiger charge is -2.36. The molecule has 2 fully saturated rings. The van der Waals surface area contributed by atoms with Gasteiger partial charge >= 0.3 is 0 Å². The number of ketones is 1. The molecule has 0 spiro atoms. The third kappa shape index (κ3) is 2.69. The highest BCUT2D eigenvalue weighted by molar-refractivity contribution is 6.04. The Morgan fingerprint density at radius 3 is 2.56 bits per heavy atom. The number of rotatable bonds is 4. The van der Waals surface area contributed by atoms with Crippen LogP contribution >= 0.6 is 0 Å². The summed E-state index contributed by atoms with van der Waals surface area (Å²) in [6.07, 6.45) is 5.17. The van der Waals surface area contributed by atoms with Crippen molar-refractivity contribution in [2.24, 2.45) is 0 Å². The van der Waals surface area contributed by atoms with Crippen molar-refractivity contribution in [3.8, 4) is 5.69 Å². The Morgan fingerprint density at radius 1 is 1.04 bits per heavy atom. The number of carbonyl (C=O) groups excluding carboxylic acids is 1. The van der Waals surface area contributed by atoms with Crippen molar-refractivity contribution < 1.29 is 4.79 Å². The molecular weight excluding hydrogens is 336 g/mol. The number of nitrogens with zero attached hydrogens (tertiary/aromatic N) is 3. The maximum absolute atomic E-state index is 13.5. The maximum atomic E-state index is 13.5. The van der Waals surface area contributed by atoms with Gasteiger partial charge in [0.25, 0.3) is 0 Å². The molecule has 1 N–H and O–H groups in total. The minimum Gasteiger partial charge on any atom is -0.314 e. The van der Waals surface area contributed by atoms with Crippen molar-refractivity contribution >= 4 is 16.7 Å². The fourth-order valence-corrected chi connectivity index (χ4v) is 4.63. The molecule has 2 aromatic carbocycles. The molecule has 0 aliphatic carbocycles. The third-order valence-electron chi connectivity index (χ3n) is 6.12. The number of Topliss-reactive ketones (excluding diaryl/α,β-unsaturated/α-hetero) is 1. The van der Waals surface area contributed by atoms with Gasteiger partial charge in [-0.2, -0.15) is 5.10 Å². The molecule has 27 heavy (non-hydrogen) atoms. The van der Waals surface area contributed by atoms with Crippen LogP contribution in [0.3, 0.4) is 0 Å². The van der Waals surface area contributed by atoms with Crippen LogP contribution in [0.4, 0.5) is 0 Å². The largest absolute Gasteiger partial charge is 0.314 e. The molecule has 5 rings (SSSR count). The summed E-state index contributed by atoms with van der Waals surface area (Å²) in [7, 11) is 0. The Hall–Kier alpha value is -2.50. The van der Waals surface area contributed by atoms with Crippen molar-refractivity contribution in [2.45, 2.75) is 24.8 Å². The van der Waals surface area contributed by atoms with Crippen molar-refractivity contribution in [2.75, 3.05) is 26.2 Å². The van der Waals surface area contributed by atoms with Crippen LogP contribution in [-0.2, 0) is 0 Å². The normalized spacial score (nSPS) is 23.3. The highest BCUT2D eigenvalue weighted by Crippen LogP contribution is 2.31. The first-order valence-electron chi connectivity index (χ1n) is 9.82. The van der Waals surface area contributed by atoms with Crippen LogP contribution in [0.1, 0.15) is 29.6 Å². The molecule has 5 heteroatoms. The van der Waals surface area contributed by atoms with Crippen LogP contribution < -0.4 is 5.32 Å². The average molecular weight is 360 g/mol. The second-order valence-electron chi connectivity index (χ2n) is 7.64. The summed E-state index contributed by atoms with van der Waals surface area (Å²) in [5.74, 6) is 0.256. The maximum Gasteiger partial charge on any atom is 0.184 e. The number of hydrogen-bond donors (Lipinski definition) is 1. The fourth-order valence-electron chi connectivity index (χ4n) is 4.63. The lowest BCUT2D eigenvalue weighted by molar-refractivity contribution is 0.0661. The number of likely N-dealkylation sites (tertiary alicyclic amines) is 1. The Balaban J connectivity index is 1.47. The number of carbonyl (C=O) groups is 1. The van der Waals surface area contributed by atoms with E-state index in [1.54, 1.807) is 0 Å². The summed E-state index contributed by atoms with van der Waals surface area (Å²) in [5.41, 5.74) is 2.49. The lowest BCUT2D eigenvalue weighted by Crippen LogP contribution is -2.55. The van der Waals surface area contributed by atoms with Gasteiger partial charge in [0.15, 0.2) is 5.78 Å². The zero-order chi connectivity index (χ0) is 18.3. The smallest absolute Gasteiger partial charge is 0.184 e. The first kappa shape index (κ1) is 16.7. The molecule has 138 valence electrons. The van der Waals surface area contributed by atoms with Crippen LogP contribution in [-0.4, -0.2) is 52.2 Å². The van der Waals surface area contributed by atoms with Gasteiger partial charge in [-0.3, -0.25) is 9.69 Å². The second kappa shape index (κ2) is 6.59. The number of nitrogens with one attached hydrogen (secondary N) is 1. The van der Waals surface area contributed by atoms with E-state index in [1.165, 1.54) is 12.8 Å². The Kier molecular flexibility index (Phi) is 4.06. The standard InChI is InChI=1S/C22H24N4O/c27-21(22(11-12-23-16-22)25-13-3-4-14-25)17-7-9-19(10-8-17)26-20-6-2-1-5-18(20)15-24-26/h1-2,5-10,15,23H,3-4,11-14,16H2. The van der Waals surface area contributed by atoms with Gasteiger partial charge in [-0.1, -0.05) is 18.2 Å². The quantitative estimate of drug-likeness (QED) is 0.727. The second-order valence-corrected chi connectivity index (χ2v) is 7.64. The molecule has 0 radical (unpaired) electrons. The summed E-state index contributed by atoms with van der Waals surface area (Å²) >= 11 is 0. The van der Waals surface area contributed by atoms with E-state index in [2.05, 4.69) is 27.4 Å². The van der Waals surface area contributed by atoms with E-state index < -0.39 is 0 Å². The third-order valence-corrected chi connectivity index (χ3v) is 6.12. The van der Waals surface area contributed by atoms with E-state index in [0.717, 1.165) is 54.8 Å². The minimum atomic E-state index is -0.365.